The summed E-state index contributed by atoms with van der Waals surface area (Å²) in [6.45, 7) is 7.41. The molecule has 1 aliphatic rings. The van der Waals surface area contributed by atoms with Crippen LogP contribution in [-0.2, 0) is 19.1 Å². The number of aromatic nitrogens is 3. The van der Waals surface area contributed by atoms with Crippen LogP contribution in [-0.4, -0.2) is 21.5 Å². The van der Waals surface area contributed by atoms with Crippen LogP contribution in [0.1, 0.15) is 49.3 Å². The summed E-state index contributed by atoms with van der Waals surface area (Å²) in [6.07, 6.45) is -0.841. The molecule has 1 atom stereocenters. The normalized spacial score (nSPS) is 14.8. The fourth-order valence-corrected chi connectivity index (χ4v) is 2.51. The maximum Gasteiger partial charge on any atom is 0.433 e. The molecule has 136 valence electrons. The van der Waals surface area contributed by atoms with Crippen molar-refractivity contribution >= 4 is 5.82 Å². The van der Waals surface area contributed by atoms with Crippen molar-refractivity contribution in [3.8, 4) is 0 Å². The van der Waals surface area contributed by atoms with Crippen LogP contribution in [0.4, 0.5) is 19.0 Å². The van der Waals surface area contributed by atoms with Gasteiger partial charge in [0.2, 0.25) is 0 Å². The largest absolute Gasteiger partial charge is 0.433 e. The van der Waals surface area contributed by atoms with E-state index in [2.05, 4.69) is 25.6 Å². The standard InChI is InChI=1S/C15H16F3N5.C2H6/c1-9(10-2-3-13(20-6-10)15(16,17)18)23-14-11-7-19-5-4-12(11)21-8-22-14;1-2/h2-3,6,8-9,19H,4-5,7H2,1H3,(H,21,22,23);1-2H3/t9-;/m1./s1. The molecule has 0 aromatic carbocycles. The topological polar surface area (TPSA) is 62.7 Å². The number of nitrogens with zero attached hydrogens (tertiary/aromatic N) is 3. The highest BCUT2D eigenvalue weighted by Gasteiger charge is 2.32. The molecular weight excluding hydrogens is 331 g/mol. The van der Waals surface area contributed by atoms with Gasteiger partial charge in [0.1, 0.15) is 17.8 Å². The number of rotatable bonds is 3. The zero-order valence-electron chi connectivity index (χ0n) is 14.5. The third-order valence-electron chi connectivity index (χ3n) is 3.80. The van der Waals surface area contributed by atoms with Gasteiger partial charge in [0.25, 0.3) is 0 Å². The van der Waals surface area contributed by atoms with E-state index in [1.165, 1.54) is 18.6 Å². The van der Waals surface area contributed by atoms with E-state index in [9.17, 15) is 13.2 Å². The minimum Gasteiger partial charge on any atom is -0.363 e. The SMILES string of the molecule is CC.C[C@@H](Nc1ncnc2c1CNCC2)c1ccc(C(F)(F)F)nc1. The zero-order chi connectivity index (χ0) is 18.4. The van der Waals surface area contributed by atoms with E-state index in [1.807, 2.05) is 20.8 Å². The first-order valence-corrected chi connectivity index (χ1v) is 8.28. The Bertz CT molecular complexity index is 686. The molecule has 3 rings (SSSR count). The summed E-state index contributed by atoms with van der Waals surface area (Å²) in [5, 5.41) is 6.49. The molecule has 3 heterocycles. The summed E-state index contributed by atoms with van der Waals surface area (Å²) in [5.74, 6) is 0.703. The fraction of sp³-hybridized carbons (Fsp3) is 0.471. The highest BCUT2D eigenvalue weighted by atomic mass is 19.4. The summed E-state index contributed by atoms with van der Waals surface area (Å²) in [4.78, 5) is 12.0. The van der Waals surface area contributed by atoms with Crippen LogP contribution in [0.3, 0.4) is 0 Å². The first-order valence-electron chi connectivity index (χ1n) is 8.28. The maximum atomic E-state index is 12.6. The Balaban J connectivity index is 0.00000109. The molecule has 2 aromatic heterocycles. The van der Waals surface area contributed by atoms with Crippen molar-refractivity contribution in [1.82, 2.24) is 20.3 Å². The monoisotopic (exact) mass is 353 g/mol. The third kappa shape index (κ3) is 4.66. The Morgan fingerprint density at radius 3 is 2.56 bits per heavy atom. The summed E-state index contributed by atoms with van der Waals surface area (Å²) in [7, 11) is 0. The lowest BCUT2D eigenvalue weighted by Crippen LogP contribution is -2.26. The molecule has 0 bridgehead atoms. The summed E-state index contributed by atoms with van der Waals surface area (Å²) in [5.41, 5.74) is 1.77. The number of pyridine rings is 1. The second kappa shape index (κ2) is 8.24. The Hall–Kier alpha value is -2.22. The summed E-state index contributed by atoms with van der Waals surface area (Å²) in [6, 6.07) is 2.20. The minimum absolute atomic E-state index is 0.217. The molecule has 5 nitrogen and oxygen atoms in total. The van der Waals surface area contributed by atoms with Crippen LogP contribution >= 0.6 is 0 Å². The fourth-order valence-electron chi connectivity index (χ4n) is 2.51. The zero-order valence-corrected chi connectivity index (χ0v) is 14.5. The van der Waals surface area contributed by atoms with E-state index in [0.29, 0.717) is 17.9 Å². The lowest BCUT2D eigenvalue weighted by Gasteiger charge is -2.22. The molecule has 0 fully saturated rings. The molecule has 0 saturated carbocycles. The minimum atomic E-state index is -4.42. The second-order valence-electron chi connectivity index (χ2n) is 5.41. The second-order valence-corrected chi connectivity index (χ2v) is 5.41. The first kappa shape index (κ1) is 19.1. The third-order valence-corrected chi connectivity index (χ3v) is 3.80. The van der Waals surface area contributed by atoms with Gasteiger partial charge in [0.05, 0.1) is 11.7 Å². The molecule has 0 unspecified atom stereocenters. The molecule has 25 heavy (non-hydrogen) atoms. The number of hydrogen-bond donors (Lipinski definition) is 2. The Labute approximate surface area is 145 Å². The van der Waals surface area contributed by atoms with Crippen molar-refractivity contribution in [2.45, 2.75) is 46.0 Å². The Morgan fingerprint density at radius 1 is 1.16 bits per heavy atom. The van der Waals surface area contributed by atoms with E-state index < -0.39 is 11.9 Å². The Kier molecular flexibility index (Phi) is 6.30. The lowest BCUT2D eigenvalue weighted by molar-refractivity contribution is -0.141. The van der Waals surface area contributed by atoms with Crippen molar-refractivity contribution in [2.75, 3.05) is 11.9 Å². The van der Waals surface area contributed by atoms with Crippen molar-refractivity contribution in [3.05, 3.63) is 47.2 Å². The van der Waals surface area contributed by atoms with E-state index in [1.54, 1.807) is 0 Å². The summed E-state index contributed by atoms with van der Waals surface area (Å²) < 4.78 is 37.7. The van der Waals surface area contributed by atoms with Crippen LogP contribution in [0, 0.1) is 0 Å². The molecular formula is C17H22F3N5. The van der Waals surface area contributed by atoms with Gasteiger partial charge in [-0.15, -0.1) is 0 Å². The molecule has 0 amide bonds. The van der Waals surface area contributed by atoms with Crippen LogP contribution in [0.2, 0.25) is 0 Å². The van der Waals surface area contributed by atoms with Gasteiger partial charge in [0.15, 0.2) is 0 Å². The van der Waals surface area contributed by atoms with Crippen LogP contribution in [0.5, 0.6) is 0 Å². The van der Waals surface area contributed by atoms with Crippen molar-refractivity contribution in [2.24, 2.45) is 0 Å². The molecule has 2 aromatic rings. The first-order chi connectivity index (χ1) is 11.9. The molecule has 0 radical (unpaired) electrons. The van der Waals surface area contributed by atoms with Gasteiger partial charge < -0.3 is 10.6 Å². The quantitative estimate of drug-likeness (QED) is 0.880. The molecule has 0 spiro atoms. The van der Waals surface area contributed by atoms with E-state index >= 15 is 0 Å². The maximum absolute atomic E-state index is 12.6. The summed E-state index contributed by atoms with van der Waals surface area (Å²) >= 11 is 0. The van der Waals surface area contributed by atoms with Gasteiger partial charge >= 0.3 is 6.18 Å². The van der Waals surface area contributed by atoms with Crippen molar-refractivity contribution < 1.29 is 13.2 Å². The molecule has 2 N–H and O–H groups in total. The predicted molar refractivity (Wildman–Crippen MR) is 90.1 cm³/mol. The lowest BCUT2D eigenvalue weighted by atomic mass is 10.1. The smallest absolute Gasteiger partial charge is 0.363 e. The van der Waals surface area contributed by atoms with Gasteiger partial charge in [-0.3, -0.25) is 4.98 Å². The number of fused-ring (bicyclic) bond motifs is 1. The molecule has 0 saturated heterocycles. The van der Waals surface area contributed by atoms with Crippen LogP contribution < -0.4 is 10.6 Å². The number of halogens is 3. The van der Waals surface area contributed by atoms with Crippen molar-refractivity contribution in [3.63, 3.8) is 0 Å². The average molecular weight is 353 g/mol. The Morgan fingerprint density at radius 2 is 1.92 bits per heavy atom. The van der Waals surface area contributed by atoms with Gasteiger partial charge in [-0.05, 0) is 18.6 Å². The number of nitrogens with one attached hydrogen (secondary N) is 2. The number of anilines is 1. The molecule has 8 heteroatoms. The van der Waals surface area contributed by atoms with Crippen LogP contribution in [0.25, 0.3) is 0 Å². The van der Waals surface area contributed by atoms with E-state index in [0.717, 1.165) is 30.3 Å². The number of alkyl halides is 3. The van der Waals surface area contributed by atoms with Gasteiger partial charge in [-0.1, -0.05) is 19.9 Å². The predicted octanol–water partition coefficient (Wildman–Crippen LogP) is 3.74. The highest BCUT2D eigenvalue weighted by molar-refractivity contribution is 5.48. The highest BCUT2D eigenvalue weighted by Crippen LogP contribution is 2.29. The van der Waals surface area contributed by atoms with E-state index in [4.69, 9.17) is 0 Å². The molecule has 1 aliphatic heterocycles. The van der Waals surface area contributed by atoms with E-state index in [-0.39, 0.29) is 6.04 Å². The van der Waals surface area contributed by atoms with Gasteiger partial charge in [-0.25, -0.2) is 9.97 Å². The molecule has 0 aliphatic carbocycles. The number of hydrogen-bond acceptors (Lipinski definition) is 5. The van der Waals surface area contributed by atoms with Gasteiger partial charge in [-0.2, -0.15) is 13.2 Å². The van der Waals surface area contributed by atoms with Gasteiger partial charge in [0, 0.05) is 31.3 Å². The van der Waals surface area contributed by atoms with Crippen LogP contribution in [0.15, 0.2) is 24.7 Å². The van der Waals surface area contributed by atoms with Crippen molar-refractivity contribution in [1.29, 1.82) is 0 Å². The average Bonchev–Trinajstić information content (AvgIpc) is 2.63.